The Morgan fingerprint density at radius 1 is 1.16 bits per heavy atom. The highest BCUT2D eigenvalue weighted by molar-refractivity contribution is 5.80. The van der Waals surface area contributed by atoms with Gasteiger partial charge in [0, 0.05) is 12.7 Å². The number of hydrogen-bond donors (Lipinski definition) is 1. The second kappa shape index (κ2) is 7.66. The normalized spacial score (nSPS) is 14.1. The van der Waals surface area contributed by atoms with Gasteiger partial charge in [-0.1, -0.05) is 0 Å². The lowest BCUT2D eigenvalue weighted by atomic mass is 10.2. The van der Waals surface area contributed by atoms with Gasteiger partial charge in [0.1, 0.15) is 17.4 Å². The lowest BCUT2D eigenvalue weighted by molar-refractivity contribution is -0.125. The predicted molar refractivity (Wildman–Crippen MR) is 81.3 cm³/mol. The van der Waals surface area contributed by atoms with E-state index < -0.39 is 42.2 Å². The second-order valence-electron chi connectivity index (χ2n) is 5.54. The molecule has 0 spiro atoms. The zero-order valence-electron chi connectivity index (χ0n) is 14.0. The average Bonchev–Trinajstić information content (AvgIpc) is 3.20. The molecule has 2 heterocycles. The van der Waals surface area contributed by atoms with Crippen LogP contribution < -0.4 is 5.32 Å². The lowest BCUT2D eigenvalue weighted by Crippen LogP contribution is -2.34. The van der Waals surface area contributed by atoms with Crippen LogP contribution in [0, 0.1) is 0 Å². The number of carbonyl (C=O) groups is 1. The Hall–Kier alpha value is -2.39. The van der Waals surface area contributed by atoms with Crippen LogP contribution in [0.1, 0.15) is 62.8 Å². The van der Waals surface area contributed by atoms with Crippen LogP contribution in [0.2, 0.25) is 0 Å². The molecular formula is C15H19F4N5O. The Morgan fingerprint density at radius 3 is 2.36 bits per heavy atom. The number of halogens is 4. The summed E-state index contributed by atoms with van der Waals surface area (Å²) >= 11 is 0. The Labute approximate surface area is 141 Å². The van der Waals surface area contributed by atoms with Crippen molar-refractivity contribution in [1.29, 1.82) is 0 Å². The van der Waals surface area contributed by atoms with E-state index in [-0.39, 0.29) is 0 Å². The quantitative estimate of drug-likeness (QED) is 0.769. The summed E-state index contributed by atoms with van der Waals surface area (Å²) in [4.78, 5) is 12.3. The Kier molecular flexibility index (Phi) is 5.81. The summed E-state index contributed by atoms with van der Waals surface area (Å²) in [5.74, 6) is -0.621. The van der Waals surface area contributed by atoms with Crippen LogP contribution in [0.25, 0.3) is 0 Å². The number of rotatable bonds is 7. The molecular weight excluding hydrogens is 342 g/mol. The zero-order chi connectivity index (χ0) is 18.7. The number of nitrogens with one attached hydrogen (secondary N) is 1. The van der Waals surface area contributed by atoms with Crippen LogP contribution in [0.5, 0.6) is 0 Å². The first-order valence-electron chi connectivity index (χ1n) is 7.73. The maximum absolute atomic E-state index is 13.0. The molecule has 0 fully saturated rings. The number of nitrogens with zero attached hydrogens (tertiary/aromatic N) is 4. The molecule has 0 aromatic carbocycles. The van der Waals surface area contributed by atoms with Crippen LogP contribution >= 0.6 is 0 Å². The molecule has 0 aliphatic heterocycles. The van der Waals surface area contributed by atoms with Gasteiger partial charge in [0.2, 0.25) is 5.91 Å². The van der Waals surface area contributed by atoms with Crippen molar-refractivity contribution in [2.75, 3.05) is 0 Å². The summed E-state index contributed by atoms with van der Waals surface area (Å²) in [7, 11) is 0. The number of carbonyl (C=O) groups excluding carboxylic acids is 1. The van der Waals surface area contributed by atoms with Crippen molar-refractivity contribution in [2.24, 2.45) is 0 Å². The summed E-state index contributed by atoms with van der Waals surface area (Å²) in [6.07, 6.45) is -4.27. The van der Waals surface area contributed by atoms with Crippen LogP contribution in [0.4, 0.5) is 17.6 Å². The molecule has 0 aliphatic rings. The molecule has 0 aliphatic carbocycles. The maximum Gasteiger partial charge on any atom is 0.282 e. The average molecular weight is 361 g/mol. The monoisotopic (exact) mass is 361 g/mol. The third kappa shape index (κ3) is 4.18. The molecule has 2 aromatic rings. The topological polar surface area (TPSA) is 64.7 Å². The van der Waals surface area contributed by atoms with Crippen molar-refractivity contribution in [2.45, 2.75) is 52.3 Å². The van der Waals surface area contributed by atoms with Crippen molar-refractivity contribution in [3.63, 3.8) is 0 Å². The summed E-state index contributed by atoms with van der Waals surface area (Å²) in [5, 5.41) is 10.3. The van der Waals surface area contributed by atoms with Crippen LogP contribution in [0.3, 0.4) is 0 Å². The minimum absolute atomic E-state index is 0.470. The highest BCUT2D eigenvalue weighted by atomic mass is 19.3. The van der Waals surface area contributed by atoms with Crippen molar-refractivity contribution in [1.82, 2.24) is 24.9 Å². The highest BCUT2D eigenvalue weighted by Gasteiger charge is 2.27. The van der Waals surface area contributed by atoms with E-state index in [1.807, 2.05) is 6.92 Å². The molecule has 0 bridgehead atoms. The van der Waals surface area contributed by atoms with Gasteiger partial charge in [0.05, 0.1) is 11.7 Å². The standard InChI is InChI=1S/C15H19F4N5O/c1-4-23-6-5-10(21-23)8(2)20-15(25)9(3)24-12(14(18)19)7-11(22-24)13(16)17/h5-9,13-14H,4H2,1-3H3,(H,20,25). The van der Waals surface area contributed by atoms with E-state index in [4.69, 9.17) is 0 Å². The summed E-state index contributed by atoms with van der Waals surface area (Å²) < 4.78 is 53.9. The SMILES string of the molecule is CCn1ccc(C(C)NC(=O)C(C)n2nc(C(F)F)cc2C(F)F)n1. The number of aromatic nitrogens is 4. The maximum atomic E-state index is 13.0. The fourth-order valence-corrected chi connectivity index (χ4v) is 2.31. The fourth-order valence-electron chi connectivity index (χ4n) is 2.31. The molecule has 138 valence electrons. The fraction of sp³-hybridized carbons (Fsp3) is 0.533. The van der Waals surface area contributed by atoms with Crippen LogP contribution in [-0.2, 0) is 11.3 Å². The van der Waals surface area contributed by atoms with Crippen molar-refractivity contribution < 1.29 is 22.4 Å². The smallest absolute Gasteiger partial charge is 0.282 e. The molecule has 0 saturated heterocycles. The summed E-state index contributed by atoms with van der Waals surface area (Å²) in [6.45, 7) is 5.58. The summed E-state index contributed by atoms with van der Waals surface area (Å²) in [5.41, 5.74) is -0.907. The van der Waals surface area contributed by atoms with Gasteiger partial charge in [0.15, 0.2) is 0 Å². The Bertz CT molecular complexity index is 727. The molecule has 0 saturated carbocycles. The molecule has 25 heavy (non-hydrogen) atoms. The molecule has 6 nitrogen and oxygen atoms in total. The number of alkyl halides is 4. The second-order valence-corrected chi connectivity index (χ2v) is 5.54. The zero-order valence-corrected chi connectivity index (χ0v) is 14.0. The third-order valence-corrected chi connectivity index (χ3v) is 3.76. The molecule has 2 aromatic heterocycles. The number of hydrogen-bond acceptors (Lipinski definition) is 3. The van der Waals surface area contributed by atoms with Gasteiger partial charge < -0.3 is 5.32 Å². The van der Waals surface area contributed by atoms with Gasteiger partial charge in [-0.05, 0) is 32.9 Å². The minimum atomic E-state index is -3.02. The third-order valence-electron chi connectivity index (χ3n) is 3.76. The van der Waals surface area contributed by atoms with Gasteiger partial charge in [-0.3, -0.25) is 14.2 Å². The molecule has 2 atom stereocenters. The van der Waals surface area contributed by atoms with E-state index in [9.17, 15) is 22.4 Å². The van der Waals surface area contributed by atoms with Gasteiger partial charge in [-0.15, -0.1) is 0 Å². The van der Waals surface area contributed by atoms with E-state index >= 15 is 0 Å². The van der Waals surface area contributed by atoms with Gasteiger partial charge in [-0.25, -0.2) is 17.6 Å². The number of aryl methyl sites for hydroxylation is 1. The van der Waals surface area contributed by atoms with Gasteiger partial charge in [0.25, 0.3) is 12.9 Å². The molecule has 2 unspecified atom stereocenters. The predicted octanol–water partition coefficient (Wildman–Crippen LogP) is 3.41. The van der Waals surface area contributed by atoms with E-state index in [1.54, 1.807) is 23.9 Å². The van der Waals surface area contributed by atoms with E-state index in [2.05, 4.69) is 15.5 Å². The van der Waals surface area contributed by atoms with Crippen LogP contribution in [-0.4, -0.2) is 25.5 Å². The first-order valence-corrected chi connectivity index (χ1v) is 7.73. The Morgan fingerprint density at radius 2 is 1.84 bits per heavy atom. The lowest BCUT2D eigenvalue weighted by Gasteiger charge is -2.18. The van der Waals surface area contributed by atoms with E-state index in [0.717, 1.165) is 0 Å². The number of amides is 1. The van der Waals surface area contributed by atoms with Crippen molar-refractivity contribution in [3.05, 3.63) is 35.4 Å². The van der Waals surface area contributed by atoms with E-state index in [0.29, 0.717) is 23.0 Å². The first-order chi connectivity index (χ1) is 11.7. The highest BCUT2D eigenvalue weighted by Crippen LogP contribution is 2.27. The summed E-state index contributed by atoms with van der Waals surface area (Å²) in [6, 6.07) is 0.702. The van der Waals surface area contributed by atoms with E-state index in [1.165, 1.54) is 6.92 Å². The van der Waals surface area contributed by atoms with Crippen molar-refractivity contribution >= 4 is 5.91 Å². The first kappa shape index (κ1) is 18.9. The minimum Gasteiger partial charge on any atom is -0.346 e. The van der Waals surface area contributed by atoms with Gasteiger partial charge in [-0.2, -0.15) is 10.2 Å². The molecule has 2 rings (SSSR count). The molecule has 10 heteroatoms. The molecule has 1 amide bonds. The molecule has 0 radical (unpaired) electrons. The largest absolute Gasteiger partial charge is 0.346 e. The Balaban J connectivity index is 2.16. The molecule has 1 N–H and O–H groups in total. The van der Waals surface area contributed by atoms with Gasteiger partial charge >= 0.3 is 0 Å². The van der Waals surface area contributed by atoms with Crippen molar-refractivity contribution in [3.8, 4) is 0 Å². The van der Waals surface area contributed by atoms with Crippen LogP contribution in [0.15, 0.2) is 18.3 Å².